The van der Waals surface area contributed by atoms with Gasteiger partial charge in [0, 0.05) is 43.1 Å². The summed E-state index contributed by atoms with van der Waals surface area (Å²) in [4.78, 5) is 21.0. The number of fused-ring (bicyclic) bond motifs is 1. The number of carbonyl (C=O) groups excluding carboxylic acids is 1. The maximum atomic E-state index is 12.4. The highest BCUT2D eigenvalue weighted by Crippen LogP contribution is 2.30. The zero-order valence-corrected chi connectivity index (χ0v) is 21.8. The van der Waals surface area contributed by atoms with Crippen LogP contribution in [0.15, 0.2) is 30.5 Å². The summed E-state index contributed by atoms with van der Waals surface area (Å²) in [5.41, 5.74) is 2.95. The van der Waals surface area contributed by atoms with Gasteiger partial charge in [-0.3, -0.25) is 0 Å². The van der Waals surface area contributed by atoms with Crippen molar-refractivity contribution >= 4 is 28.5 Å². The van der Waals surface area contributed by atoms with Gasteiger partial charge in [-0.05, 0) is 64.8 Å². The lowest BCUT2D eigenvalue weighted by Crippen LogP contribution is -2.50. The second-order valence-electron chi connectivity index (χ2n) is 10.2. The van der Waals surface area contributed by atoms with Gasteiger partial charge < -0.3 is 19.9 Å². The summed E-state index contributed by atoms with van der Waals surface area (Å²) in [6.45, 7) is 14.0. The molecule has 0 saturated carbocycles. The Bertz CT molecular complexity index is 1320. The summed E-state index contributed by atoms with van der Waals surface area (Å²) in [5, 5.41) is 23.6. The molecule has 9 nitrogen and oxygen atoms in total. The smallest absolute Gasteiger partial charge is 0.410 e. The van der Waals surface area contributed by atoms with Crippen molar-refractivity contribution in [3.8, 4) is 6.07 Å². The number of piperazine rings is 1. The molecule has 1 fully saturated rings. The van der Waals surface area contributed by atoms with Gasteiger partial charge in [0.05, 0.1) is 23.4 Å². The molecule has 4 rings (SSSR count). The van der Waals surface area contributed by atoms with E-state index in [2.05, 4.69) is 33.4 Å². The van der Waals surface area contributed by atoms with Crippen LogP contribution in [-0.4, -0.2) is 58.0 Å². The van der Waals surface area contributed by atoms with Crippen LogP contribution in [0.25, 0.3) is 10.8 Å². The van der Waals surface area contributed by atoms with Crippen LogP contribution in [-0.2, 0) is 4.74 Å². The number of anilines is 2. The van der Waals surface area contributed by atoms with E-state index in [-0.39, 0.29) is 12.1 Å². The SMILES string of the molecule is Cc1c(C#N)cccc1[C@@H](C)Nc1nnc(C)c2cnc(N3CCN(C(=O)OC(C)(C)C)CC3)cc12. The molecule has 1 aromatic carbocycles. The number of hydrogen-bond acceptors (Lipinski definition) is 8. The number of ether oxygens (including phenoxy) is 1. The quantitative estimate of drug-likeness (QED) is 0.562. The first-order valence-corrected chi connectivity index (χ1v) is 12.2. The van der Waals surface area contributed by atoms with Crippen LogP contribution in [0.3, 0.4) is 0 Å². The fraction of sp³-hybridized carbons (Fsp3) is 0.444. The highest BCUT2D eigenvalue weighted by Gasteiger charge is 2.26. The summed E-state index contributed by atoms with van der Waals surface area (Å²) in [6, 6.07) is 9.96. The van der Waals surface area contributed by atoms with Crippen LogP contribution in [0.1, 0.15) is 56.1 Å². The molecule has 1 aliphatic heterocycles. The lowest BCUT2D eigenvalue weighted by Gasteiger charge is -2.36. The summed E-state index contributed by atoms with van der Waals surface area (Å²) in [5.74, 6) is 1.50. The van der Waals surface area contributed by atoms with Gasteiger partial charge in [0.15, 0.2) is 5.82 Å². The highest BCUT2D eigenvalue weighted by atomic mass is 16.6. The van der Waals surface area contributed by atoms with Crippen LogP contribution in [0.4, 0.5) is 16.4 Å². The van der Waals surface area contributed by atoms with Gasteiger partial charge in [0.25, 0.3) is 0 Å². The average molecular weight is 488 g/mol. The highest BCUT2D eigenvalue weighted by molar-refractivity contribution is 5.94. The predicted octanol–water partition coefficient (Wildman–Crippen LogP) is 4.74. The van der Waals surface area contributed by atoms with E-state index in [1.807, 2.05) is 65.1 Å². The van der Waals surface area contributed by atoms with E-state index in [4.69, 9.17) is 9.72 Å². The van der Waals surface area contributed by atoms with Gasteiger partial charge in [-0.1, -0.05) is 12.1 Å². The van der Waals surface area contributed by atoms with E-state index in [0.717, 1.165) is 33.4 Å². The largest absolute Gasteiger partial charge is 0.444 e. The number of aromatic nitrogens is 3. The number of aryl methyl sites for hydroxylation is 1. The number of hydrogen-bond donors (Lipinski definition) is 1. The Morgan fingerprint density at radius 3 is 2.53 bits per heavy atom. The summed E-state index contributed by atoms with van der Waals surface area (Å²) < 4.78 is 5.51. The number of nitrogens with one attached hydrogen (secondary N) is 1. The van der Waals surface area contributed by atoms with Crippen molar-refractivity contribution in [3.63, 3.8) is 0 Å². The molecule has 0 spiro atoms. The third-order valence-electron chi connectivity index (χ3n) is 6.41. The molecule has 1 saturated heterocycles. The number of rotatable bonds is 4. The van der Waals surface area contributed by atoms with Crippen molar-refractivity contribution < 1.29 is 9.53 Å². The molecule has 1 aliphatic rings. The minimum atomic E-state index is -0.512. The standard InChI is InChI=1S/C27H33N7O2/c1-17-20(15-28)8-7-9-21(17)18(2)30-25-22-14-24(29-16-23(22)19(3)31-32-25)33-10-12-34(13-11-33)26(35)36-27(4,5)6/h7-9,14,16,18H,10-13H2,1-6H3,(H,30,32)/t18-/m1/s1. The number of nitriles is 1. The summed E-state index contributed by atoms with van der Waals surface area (Å²) in [7, 11) is 0. The molecule has 1 N–H and O–H groups in total. The van der Waals surface area contributed by atoms with Crippen LogP contribution < -0.4 is 10.2 Å². The molecule has 0 aliphatic carbocycles. The molecule has 1 atom stereocenters. The first-order valence-electron chi connectivity index (χ1n) is 12.2. The van der Waals surface area contributed by atoms with Gasteiger partial charge in [0.1, 0.15) is 11.4 Å². The van der Waals surface area contributed by atoms with Crippen LogP contribution in [0, 0.1) is 25.2 Å². The molecule has 36 heavy (non-hydrogen) atoms. The van der Waals surface area contributed by atoms with Crippen molar-refractivity contribution in [1.82, 2.24) is 20.1 Å². The molecule has 188 valence electrons. The fourth-order valence-electron chi connectivity index (χ4n) is 4.41. The lowest BCUT2D eigenvalue weighted by molar-refractivity contribution is 0.0240. The van der Waals surface area contributed by atoms with Crippen molar-refractivity contribution in [2.24, 2.45) is 0 Å². The van der Waals surface area contributed by atoms with E-state index in [0.29, 0.717) is 37.6 Å². The number of nitrogens with zero attached hydrogens (tertiary/aromatic N) is 6. The van der Waals surface area contributed by atoms with E-state index >= 15 is 0 Å². The van der Waals surface area contributed by atoms with Gasteiger partial charge in [0.2, 0.25) is 0 Å². The Morgan fingerprint density at radius 2 is 1.86 bits per heavy atom. The third-order valence-corrected chi connectivity index (χ3v) is 6.41. The number of carbonyl (C=O) groups is 1. The molecular formula is C27H33N7O2. The molecular weight excluding hydrogens is 454 g/mol. The number of pyridine rings is 1. The predicted molar refractivity (Wildman–Crippen MR) is 140 cm³/mol. The Hall–Kier alpha value is -3.93. The van der Waals surface area contributed by atoms with Gasteiger partial charge in [-0.2, -0.15) is 10.4 Å². The Kier molecular flexibility index (Phi) is 6.97. The summed E-state index contributed by atoms with van der Waals surface area (Å²) in [6.07, 6.45) is 1.56. The van der Waals surface area contributed by atoms with Crippen LogP contribution >= 0.6 is 0 Å². The minimum absolute atomic E-state index is 0.0764. The average Bonchev–Trinajstić information content (AvgIpc) is 2.84. The Labute approximate surface area is 212 Å². The molecule has 3 heterocycles. The lowest BCUT2D eigenvalue weighted by atomic mass is 9.98. The molecule has 1 amide bonds. The Balaban J connectivity index is 1.56. The monoisotopic (exact) mass is 487 g/mol. The van der Waals surface area contributed by atoms with Gasteiger partial charge in [-0.25, -0.2) is 9.78 Å². The molecule has 9 heteroatoms. The van der Waals surface area contributed by atoms with Crippen LogP contribution in [0.5, 0.6) is 0 Å². The number of amides is 1. The zero-order valence-electron chi connectivity index (χ0n) is 21.8. The maximum Gasteiger partial charge on any atom is 0.410 e. The fourth-order valence-corrected chi connectivity index (χ4v) is 4.41. The molecule has 0 unspecified atom stereocenters. The molecule has 0 radical (unpaired) electrons. The normalized spacial score (nSPS) is 14.9. The minimum Gasteiger partial charge on any atom is -0.444 e. The first-order chi connectivity index (χ1) is 17.1. The van der Waals surface area contributed by atoms with Crippen molar-refractivity contribution in [3.05, 3.63) is 52.8 Å². The molecule has 0 bridgehead atoms. The molecule has 2 aromatic heterocycles. The van der Waals surface area contributed by atoms with Crippen molar-refractivity contribution in [2.45, 2.75) is 53.2 Å². The second kappa shape index (κ2) is 9.97. The molecule has 3 aromatic rings. The van der Waals surface area contributed by atoms with Gasteiger partial charge in [-0.15, -0.1) is 5.10 Å². The number of benzene rings is 1. The zero-order chi connectivity index (χ0) is 26.0. The van der Waals surface area contributed by atoms with Crippen molar-refractivity contribution in [2.75, 3.05) is 36.4 Å². The van der Waals surface area contributed by atoms with Crippen molar-refractivity contribution in [1.29, 1.82) is 5.26 Å². The van der Waals surface area contributed by atoms with E-state index in [1.165, 1.54) is 0 Å². The first kappa shape index (κ1) is 25.2. The van der Waals surface area contributed by atoms with E-state index in [9.17, 15) is 10.1 Å². The topological polar surface area (TPSA) is 107 Å². The Morgan fingerprint density at radius 1 is 1.14 bits per heavy atom. The van der Waals surface area contributed by atoms with Crippen LogP contribution in [0.2, 0.25) is 0 Å². The second-order valence-corrected chi connectivity index (χ2v) is 10.2. The van der Waals surface area contributed by atoms with E-state index < -0.39 is 5.60 Å². The van der Waals surface area contributed by atoms with E-state index in [1.54, 1.807) is 4.90 Å². The maximum absolute atomic E-state index is 12.4. The third kappa shape index (κ3) is 5.33. The van der Waals surface area contributed by atoms with Gasteiger partial charge >= 0.3 is 6.09 Å². The summed E-state index contributed by atoms with van der Waals surface area (Å²) >= 11 is 0.